The zero-order valence-electron chi connectivity index (χ0n) is 10.2. The Balaban J connectivity index is 2.15. The summed E-state index contributed by atoms with van der Waals surface area (Å²) in [5.41, 5.74) is -0.297. The monoisotopic (exact) mass is 247 g/mol. The normalized spacial score (nSPS) is 18.2. The lowest BCUT2D eigenvalue weighted by Gasteiger charge is -2.33. The van der Waals surface area contributed by atoms with Crippen molar-refractivity contribution in [3.63, 3.8) is 0 Å². The summed E-state index contributed by atoms with van der Waals surface area (Å²) in [6.07, 6.45) is 1.12. The molecule has 0 unspecified atom stereocenters. The average molecular weight is 247 g/mol. The van der Waals surface area contributed by atoms with Gasteiger partial charge in [-0.3, -0.25) is 9.59 Å². The Hall–Kier alpha value is -1.68. The molecule has 1 heterocycles. The molecule has 1 aromatic rings. The van der Waals surface area contributed by atoms with Crippen LogP contribution in [0.25, 0.3) is 0 Å². The molecule has 1 fully saturated rings. The fourth-order valence-corrected chi connectivity index (χ4v) is 2.41. The quantitative estimate of drug-likeness (QED) is 0.795. The summed E-state index contributed by atoms with van der Waals surface area (Å²) in [7, 11) is 0. The van der Waals surface area contributed by atoms with Crippen LogP contribution in [0.2, 0.25) is 0 Å². The number of carboxylic acids is 1. The van der Waals surface area contributed by atoms with Crippen LogP contribution in [0.5, 0.6) is 0 Å². The van der Waals surface area contributed by atoms with E-state index >= 15 is 0 Å². The number of rotatable bonds is 4. The van der Waals surface area contributed by atoms with Crippen LogP contribution in [0.4, 0.5) is 0 Å². The van der Waals surface area contributed by atoms with Crippen LogP contribution in [-0.4, -0.2) is 29.9 Å². The molecular formula is C14H17NO3. The van der Waals surface area contributed by atoms with Gasteiger partial charge in [0.15, 0.2) is 5.78 Å². The van der Waals surface area contributed by atoms with Crippen LogP contribution in [0.15, 0.2) is 30.3 Å². The van der Waals surface area contributed by atoms with E-state index in [4.69, 9.17) is 0 Å². The van der Waals surface area contributed by atoms with Crippen molar-refractivity contribution in [3.8, 4) is 0 Å². The van der Waals surface area contributed by atoms with Crippen LogP contribution < -0.4 is 5.32 Å². The lowest BCUT2D eigenvalue weighted by molar-refractivity contribution is -0.150. The Bertz CT molecular complexity index is 436. The molecule has 1 saturated heterocycles. The number of nitrogens with one attached hydrogen (secondary N) is 1. The molecule has 4 heteroatoms. The minimum absolute atomic E-state index is 0.0834. The molecule has 0 radical (unpaired) electrons. The molecule has 1 aliphatic heterocycles. The number of piperidine rings is 1. The molecule has 0 amide bonds. The van der Waals surface area contributed by atoms with E-state index < -0.39 is 11.4 Å². The molecule has 1 aliphatic rings. The van der Waals surface area contributed by atoms with Gasteiger partial charge in [0, 0.05) is 12.0 Å². The molecule has 0 aromatic heterocycles. The van der Waals surface area contributed by atoms with E-state index in [2.05, 4.69) is 5.32 Å². The molecule has 0 saturated carbocycles. The van der Waals surface area contributed by atoms with E-state index in [1.54, 1.807) is 24.3 Å². The van der Waals surface area contributed by atoms with Gasteiger partial charge in [0.05, 0.1) is 5.41 Å². The lowest BCUT2D eigenvalue weighted by Crippen LogP contribution is -2.43. The third-order valence-electron chi connectivity index (χ3n) is 3.61. The zero-order chi connectivity index (χ0) is 13.0. The van der Waals surface area contributed by atoms with Gasteiger partial charge < -0.3 is 10.4 Å². The second-order valence-electron chi connectivity index (χ2n) is 4.80. The number of Topliss-reactive ketones (excluding diaryl/α,β-unsaturated/α-hetero) is 1. The highest BCUT2D eigenvalue weighted by atomic mass is 16.4. The molecule has 4 nitrogen and oxygen atoms in total. The Labute approximate surface area is 106 Å². The van der Waals surface area contributed by atoms with Gasteiger partial charge in [-0.25, -0.2) is 0 Å². The van der Waals surface area contributed by atoms with E-state index in [1.165, 1.54) is 0 Å². The van der Waals surface area contributed by atoms with Gasteiger partial charge in [0.1, 0.15) is 0 Å². The summed E-state index contributed by atoms with van der Waals surface area (Å²) in [5.74, 6) is -0.937. The summed E-state index contributed by atoms with van der Waals surface area (Å²) >= 11 is 0. The minimum Gasteiger partial charge on any atom is -0.481 e. The highest BCUT2D eigenvalue weighted by Gasteiger charge is 2.41. The average Bonchev–Trinajstić information content (AvgIpc) is 2.40. The number of carbonyl (C=O) groups excluding carboxylic acids is 1. The molecule has 2 N–H and O–H groups in total. The van der Waals surface area contributed by atoms with Crippen molar-refractivity contribution in [1.29, 1.82) is 0 Å². The first-order valence-corrected chi connectivity index (χ1v) is 6.16. The lowest BCUT2D eigenvalue weighted by atomic mass is 9.74. The van der Waals surface area contributed by atoms with Gasteiger partial charge in [-0.15, -0.1) is 0 Å². The van der Waals surface area contributed by atoms with E-state index in [1.807, 2.05) is 6.07 Å². The van der Waals surface area contributed by atoms with Crippen molar-refractivity contribution < 1.29 is 14.7 Å². The number of hydrogen-bond donors (Lipinski definition) is 2. The Morgan fingerprint density at radius 2 is 1.78 bits per heavy atom. The molecule has 0 aliphatic carbocycles. The smallest absolute Gasteiger partial charge is 0.310 e. The molecule has 1 aromatic carbocycles. The molecule has 96 valence electrons. The first-order valence-electron chi connectivity index (χ1n) is 6.16. The summed E-state index contributed by atoms with van der Waals surface area (Å²) in [6, 6.07) is 8.90. The highest BCUT2D eigenvalue weighted by molar-refractivity contribution is 5.98. The van der Waals surface area contributed by atoms with Crippen molar-refractivity contribution in [3.05, 3.63) is 35.9 Å². The van der Waals surface area contributed by atoms with Crippen molar-refractivity contribution >= 4 is 11.8 Å². The SMILES string of the molecule is O=C(CC1(C(=O)O)CCNCC1)c1ccccc1. The van der Waals surface area contributed by atoms with Gasteiger partial charge in [0.25, 0.3) is 0 Å². The number of carbonyl (C=O) groups is 2. The van der Waals surface area contributed by atoms with E-state index in [0.29, 0.717) is 31.5 Å². The van der Waals surface area contributed by atoms with E-state index in [0.717, 1.165) is 0 Å². The highest BCUT2D eigenvalue weighted by Crippen LogP contribution is 2.34. The Kier molecular flexibility index (Phi) is 3.77. The second kappa shape index (κ2) is 5.31. The molecule has 0 spiro atoms. The number of ketones is 1. The van der Waals surface area contributed by atoms with E-state index in [9.17, 15) is 14.7 Å². The molecule has 2 rings (SSSR count). The van der Waals surface area contributed by atoms with Crippen molar-refractivity contribution in [2.24, 2.45) is 5.41 Å². The number of benzene rings is 1. The maximum atomic E-state index is 12.1. The predicted molar refractivity (Wildman–Crippen MR) is 67.6 cm³/mol. The fourth-order valence-electron chi connectivity index (χ4n) is 2.41. The van der Waals surface area contributed by atoms with Gasteiger partial charge >= 0.3 is 5.97 Å². The second-order valence-corrected chi connectivity index (χ2v) is 4.80. The summed E-state index contributed by atoms with van der Waals surface area (Å²) in [4.78, 5) is 23.6. The van der Waals surface area contributed by atoms with Crippen LogP contribution >= 0.6 is 0 Å². The number of hydrogen-bond acceptors (Lipinski definition) is 3. The first-order chi connectivity index (χ1) is 8.64. The number of aliphatic carboxylic acids is 1. The zero-order valence-corrected chi connectivity index (χ0v) is 10.2. The third kappa shape index (κ3) is 2.59. The van der Waals surface area contributed by atoms with E-state index in [-0.39, 0.29) is 12.2 Å². The number of carboxylic acid groups (broad SMARTS) is 1. The van der Waals surface area contributed by atoms with Gasteiger partial charge in [-0.05, 0) is 25.9 Å². The molecule has 0 bridgehead atoms. The topological polar surface area (TPSA) is 66.4 Å². The fraction of sp³-hybridized carbons (Fsp3) is 0.429. The standard InChI is InChI=1S/C14H17NO3/c16-12(11-4-2-1-3-5-11)10-14(13(17)18)6-8-15-9-7-14/h1-5,15H,6-10H2,(H,17,18). The van der Waals surface area contributed by atoms with Crippen molar-refractivity contribution in [2.75, 3.05) is 13.1 Å². The van der Waals surface area contributed by atoms with Gasteiger partial charge in [-0.1, -0.05) is 30.3 Å². The minimum atomic E-state index is -0.891. The van der Waals surface area contributed by atoms with Crippen molar-refractivity contribution in [1.82, 2.24) is 5.32 Å². The predicted octanol–water partition coefficient (Wildman–Crippen LogP) is 1.71. The van der Waals surface area contributed by atoms with Gasteiger partial charge in [0.2, 0.25) is 0 Å². The maximum absolute atomic E-state index is 12.1. The van der Waals surface area contributed by atoms with Crippen LogP contribution in [-0.2, 0) is 4.79 Å². The Morgan fingerprint density at radius 3 is 2.33 bits per heavy atom. The van der Waals surface area contributed by atoms with Crippen molar-refractivity contribution in [2.45, 2.75) is 19.3 Å². The summed E-state index contributed by atoms with van der Waals surface area (Å²) in [6.45, 7) is 1.32. The summed E-state index contributed by atoms with van der Waals surface area (Å²) in [5, 5.41) is 12.5. The maximum Gasteiger partial charge on any atom is 0.310 e. The summed E-state index contributed by atoms with van der Waals surface area (Å²) < 4.78 is 0. The third-order valence-corrected chi connectivity index (χ3v) is 3.61. The van der Waals surface area contributed by atoms with Crippen LogP contribution in [0, 0.1) is 5.41 Å². The molecule has 0 atom stereocenters. The van der Waals surface area contributed by atoms with Crippen LogP contribution in [0.3, 0.4) is 0 Å². The molecular weight excluding hydrogens is 230 g/mol. The van der Waals surface area contributed by atoms with Crippen LogP contribution in [0.1, 0.15) is 29.6 Å². The first kappa shape index (κ1) is 12.8. The Morgan fingerprint density at radius 1 is 1.17 bits per heavy atom. The molecule has 18 heavy (non-hydrogen) atoms. The van der Waals surface area contributed by atoms with Gasteiger partial charge in [-0.2, -0.15) is 0 Å². The largest absolute Gasteiger partial charge is 0.481 e.